The van der Waals surface area contributed by atoms with Crippen LogP contribution >= 0.6 is 0 Å². The minimum atomic E-state index is -0.783. The Morgan fingerprint density at radius 3 is 0.732 bits per heavy atom. The van der Waals surface area contributed by atoms with Gasteiger partial charge in [-0.3, -0.25) is 14.4 Å². The largest absolute Gasteiger partial charge is 0.462 e. The van der Waals surface area contributed by atoms with Gasteiger partial charge in [-0.05, 0) is 77.0 Å². The van der Waals surface area contributed by atoms with Crippen LogP contribution in [0.1, 0.15) is 400 Å². The predicted octanol–water partition coefficient (Wildman–Crippen LogP) is 25.3. The first-order valence-corrected chi connectivity index (χ1v) is 36.6. The van der Waals surface area contributed by atoms with Gasteiger partial charge in [0.25, 0.3) is 0 Å². The molecule has 0 aliphatic rings. The van der Waals surface area contributed by atoms with Crippen LogP contribution < -0.4 is 0 Å². The second kappa shape index (κ2) is 70.9. The highest BCUT2D eigenvalue weighted by atomic mass is 16.6. The summed E-state index contributed by atoms with van der Waals surface area (Å²) in [7, 11) is 0. The van der Waals surface area contributed by atoms with Gasteiger partial charge in [0, 0.05) is 19.3 Å². The van der Waals surface area contributed by atoms with Gasteiger partial charge in [0.1, 0.15) is 13.2 Å². The standard InChI is InChI=1S/C76H140O6/c1-4-7-10-13-16-19-22-25-28-30-31-32-33-34-35-36-37-38-39-40-41-42-43-44-45-47-48-51-54-57-60-63-66-69-75(78)81-72-73(71-80-74(77)68-65-62-59-56-53-50-27-24-21-18-15-12-9-6-3)82-76(79)70-67-64-61-58-55-52-49-46-29-26-23-20-17-14-11-8-5-2/h15,17-18,20,24,26-27,29,73H,4-14,16,19,21-23,25,28,30-72H2,1-3H3/b18-15-,20-17-,27-24-,29-26-. The highest BCUT2D eigenvalue weighted by molar-refractivity contribution is 5.71. The summed E-state index contributed by atoms with van der Waals surface area (Å²) in [5.41, 5.74) is 0. The Morgan fingerprint density at radius 2 is 0.451 bits per heavy atom. The third kappa shape index (κ3) is 68.2. The van der Waals surface area contributed by atoms with Crippen LogP contribution in [0.25, 0.3) is 0 Å². The van der Waals surface area contributed by atoms with Crippen LogP contribution in [0.5, 0.6) is 0 Å². The molecule has 0 saturated carbocycles. The van der Waals surface area contributed by atoms with Crippen LogP contribution in [0.3, 0.4) is 0 Å². The van der Waals surface area contributed by atoms with Crippen LogP contribution in [-0.4, -0.2) is 37.2 Å². The van der Waals surface area contributed by atoms with E-state index in [0.717, 1.165) is 89.9 Å². The van der Waals surface area contributed by atoms with Gasteiger partial charge in [0.05, 0.1) is 0 Å². The molecule has 480 valence electrons. The lowest BCUT2D eigenvalue weighted by atomic mass is 10.0. The average molecular weight is 1150 g/mol. The second-order valence-electron chi connectivity index (χ2n) is 24.9. The van der Waals surface area contributed by atoms with Gasteiger partial charge in [-0.1, -0.05) is 352 Å². The van der Waals surface area contributed by atoms with Crippen LogP contribution in [0.2, 0.25) is 0 Å². The maximum Gasteiger partial charge on any atom is 0.306 e. The summed E-state index contributed by atoms with van der Waals surface area (Å²) < 4.78 is 17.0. The molecule has 0 aromatic rings. The van der Waals surface area contributed by atoms with Gasteiger partial charge in [-0.25, -0.2) is 0 Å². The lowest BCUT2D eigenvalue weighted by molar-refractivity contribution is -0.167. The van der Waals surface area contributed by atoms with Crippen molar-refractivity contribution >= 4 is 17.9 Å². The zero-order valence-corrected chi connectivity index (χ0v) is 55.3. The normalized spacial score (nSPS) is 12.3. The van der Waals surface area contributed by atoms with Gasteiger partial charge in [0.15, 0.2) is 6.10 Å². The van der Waals surface area contributed by atoms with Crippen molar-refractivity contribution in [1.29, 1.82) is 0 Å². The maximum atomic E-state index is 12.9. The minimum Gasteiger partial charge on any atom is -0.462 e. The van der Waals surface area contributed by atoms with E-state index in [1.807, 2.05) is 0 Å². The Hall–Kier alpha value is -2.63. The fourth-order valence-electron chi connectivity index (χ4n) is 11.0. The van der Waals surface area contributed by atoms with Gasteiger partial charge in [0.2, 0.25) is 0 Å². The quantitative estimate of drug-likeness (QED) is 0.0261. The fraction of sp³-hybridized carbons (Fsp3) is 0.855. The Kier molecular flexibility index (Phi) is 68.6. The molecule has 0 spiro atoms. The van der Waals surface area contributed by atoms with Gasteiger partial charge in [-0.2, -0.15) is 0 Å². The number of unbranched alkanes of at least 4 members (excludes halogenated alkanes) is 49. The summed E-state index contributed by atoms with van der Waals surface area (Å²) in [4.78, 5) is 38.4. The molecule has 0 fully saturated rings. The molecule has 82 heavy (non-hydrogen) atoms. The number of ether oxygens (including phenoxy) is 3. The maximum absolute atomic E-state index is 12.9. The molecule has 0 radical (unpaired) electrons. The number of esters is 3. The van der Waals surface area contributed by atoms with Crippen molar-refractivity contribution in [2.75, 3.05) is 13.2 Å². The summed E-state index contributed by atoms with van der Waals surface area (Å²) >= 11 is 0. The molecular formula is C76H140O6. The van der Waals surface area contributed by atoms with Crippen LogP contribution in [0.15, 0.2) is 48.6 Å². The summed E-state index contributed by atoms with van der Waals surface area (Å²) in [6.45, 7) is 6.62. The number of allylic oxidation sites excluding steroid dienone is 8. The van der Waals surface area contributed by atoms with E-state index < -0.39 is 6.10 Å². The topological polar surface area (TPSA) is 78.9 Å². The number of hydrogen-bond donors (Lipinski definition) is 0. The smallest absolute Gasteiger partial charge is 0.306 e. The van der Waals surface area contributed by atoms with E-state index in [-0.39, 0.29) is 31.1 Å². The van der Waals surface area contributed by atoms with E-state index in [4.69, 9.17) is 14.2 Å². The molecule has 1 unspecified atom stereocenters. The van der Waals surface area contributed by atoms with Crippen molar-refractivity contribution in [3.8, 4) is 0 Å². The van der Waals surface area contributed by atoms with Crippen LogP contribution in [-0.2, 0) is 28.6 Å². The molecule has 0 aliphatic heterocycles. The molecule has 0 aromatic carbocycles. The lowest BCUT2D eigenvalue weighted by Crippen LogP contribution is -2.30. The van der Waals surface area contributed by atoms with E-state index >= 15 is 0 Å². The van der Waals surface area contributed by atoms with E-state index in [2.05, 4.69) is 69.4 Å². The zero-order valence-electron chi connectivity index (χ0n) is 55.3. The first-order valence-electron chi connectivity index (χ1n) is 36.6. The molecule has 0 aliphatic carbocycles. The summed E-state index contributed by atoms with van der Waals surface area (Å²) in [5.74, 6) is -0.876. The van der Waals surface area contributed by atoms with E-state index in [1.165, 1.54) is 270 Å². The van der Waals surface area contributed by atoms with Gasteiger partial charge in [-0.15, -0.1) is 0 Å². The third-order valence-electron chi connectivity index (χ3n) is 16.6. The van der Waals surface area contributed by atoms with E-state index in [1.54, 1.807) is 0 Å². The van der Waals surface area contributed by atoms with Gasteiger partial charge >= 0.3 is 17.9 Å². The Balaban J connectivity index is 4.12. The monoisotopic (exact) mass is 1150 g/mol. The predicted molar refractivity (Wildman–Crippen MR) is 358 cm³/mol. The van der Waals surface area contributed by atoms with Crippen molar-refractivity contribution in [3.05, 3.63) is 48.6 Å². The minimum absolute atomic E-state index is 0.0773. The molecule has 0 aromatic heterocycles. The number of carbonyl (C=O) groups excluding carboxylic acids is 3. The fourth-order valence-corrected chi connectivity index (χ4v) is 11.0. The average Bonchev–Trinajstić information content (AvgIpc) is 3.48. The van der Waals surface area contributed by atoms with Crippen LogP contribution in [0, 0.1) is 0 Å². The lowest BCUT2D eigenvalue weighted by Gasteiger charge is -2.18. The van der Waals surface area contributed by atoms with Crippen molar-refractivity contribution < 1.29 is 28.6 Å². The van der Waals surface area contributed by atoms with E-state index in [0.29, 0.717) is 19.3 Å². The molecule has 0 heterocycles. The molecule has 0 rings (SSSR count). The molecular weight excluding hydrogens is 1010 g/mol. The van der Waals surface area contributed by atoms with Crippen LogP contribution in [0.4, 0.5) is 0 Å². The first-order chi connectivity index (χ1) is 40.5. The Bertz CT molecular complexity index is 1410. The molecule has 0 amide bonds. The van der Waals surface area contributed by atoms with Crippen molar-refractivity contribution in [1.82, 2.24) is 0 Å². The highest BCUT2D eigenvalue weighted by Gasteiger charge is 2.19. The Morgan fingerprint density at radius 1 is 0.244 bits per heavy atom. The summed E-state index contributed by atoms with van der Waals surface area (Å²) in [6, 6.07) is 0. The highest BCUT2D eigenvalue weighted by Crippen LogP contribution is 2.19. The Labute approximate surface area is 511 Å². The molecule has 0 bridgehead atoms. The molecule has 0 N–H and O–H groups in total. The molecule has 0 saturated heterocycles. The molecule has 1 atom stereocenters. The van der Waals surface area contributed by atoms with Crippen molar-refractivity contribution in [3.63, 3.8) is 0 Å². The molecule has 6 heteroatoms. The van der Waals surface area contributed by atoms with Crippen molar-refractivity contribution in [2.24, 2.45) is 0 Å². The zero-order chi connectivity index (χ0) is 59.2. The molecule has 6 nitrogen and oxygen atoms in total. The SMILES string of the molecule is CCCC/C=C\C/C=C\CCCCCCCC(=O)OCC(COC(=O)CCCCCCCCCCCCCCCCCCCCCCCCCCCCCCCCCCC)OC(=O)CCCCCCCCC/C=C\C/C=C\CCCCC. The summed E-state index contributed by atoms with van der Waals surface area (Å²) in [5, 5.41) is 0. The second-order valence-corrected chi connectivity index (χ2v) is 24.9. The number of carbonyl (C=O) groups is 3. The number of rotatable bonds is 68. The summed E-state index contributed by atoms with van der Waals surface area (Å²) in [6.07, 6.45) is 90.2. The van der Waals surface area contributed by atoms with E-state index in [9.17, 15) is 14.4 Å². The third-order valence-corrected chi connectivity index (χ3v) is 16.6. The van der Waals surface area contributed by atoms with Gasteiger partial charge < -0.3 is 14.2 Å². The van der Waals surface area contributed by atoms with Crippen molar-refractivity contribution in [2.45, 2.75) is 406 Å². The number of hydrogen-bond acceptors (Lipinski definition) is 6. The first kappa shape index (κ1) is 79.4.